The number of hydrogen-bond acceptors (Lipinski definition) is 10. The molecule has 1 saturated heterocycles. The monoisotopic (exact) mass is 452 g/mol. The lowest BCUT2D eigenvalue weighted by molar-refractivity contribution is -0.384. The van der Waals surface area contributed by atoms with Gasteiger partial charge in [0.1, 0.15) is 11.6 Å². The summed E-state index contributed by atoms with van der Waals surface area (Å²) in [7, 11) is 0. The highest BCUT2D eigenvalue weighted by molar-refractivity contribution is 5.84. The van der Waals surface area contributed by atoms with E-state index in [9.17, 15) is 19.6 Å². The summed E-state index contributed by atoms with van der Waals surface area (Å²) in [6.45, 7) is 1.62. The smallest absolute Gasteiger partial charge is 0.270 e. The molecule has 0 amide bonds. The van der Waals surface area contributed by atoms with Gasteiger partial charge in [0, 0.05) is 36.5 Å². The number of hydrazone groups is 1. The molecule has 3 N–H and O–H groups in total. The van der Waals surface area contributed by atoms with E-state index in [-0.39, 0.29) is 34.7 Å². The molecule has 1 fully saturated rings. The number of halogens is 1. The number of non-ortho nitro benzene ring substituents is 1. The Morgan fingerprint density at radius 3 is 2.52 bits per heavy atom. The predicted molar refractivity (Wildman–Crippen MR) is 122 cm³/mol. The highest BCUT2D eigenvalue weighted by Gasteiger charge is 2.16. The summed E-state index contributed by atoms with van der Waals surface area (Å²) in [5.41, 5.74) is 3.27. The second-order valence-electron chi connectivity index (χ2n) is 7.33. The van der Waals surface area contributed by atoms with Gasteiger partial charge in [0.25, 0.3) is 5.69 Å². The molecular weight excluding hydrogens is 431 g/mol. The summed E-state index contributed by atoms with van der Waals surface area (Å²) in [6, 6.07) is 9.40. The lowest BCUT2D eigenvalue weighted by Gasteiger charge is -2.26. The molecule has 0 radical (unpaired) electrons. The van der Waals surface area contributed by atoms with Gasteiger partial charge in [-0.05, 0) is 49.6 Å². The average Bonchev–Trinajstić information content (AvgIpc) is 2.82. The van der Waals surface area contributed by atoms with E-state index in [4.69, 9.17) is 0 Å². The van der Waals surface area contributed by atoms with Crippen molar-refractivity contribution < 1.29 is 14.4 Å². The number of rotatable bonds is 7. The summed E-state index contributed by atoms with van der Waals surface area (Å²) in [5.74, 6) is 0.329. The summed E-state index contributed by atoms with van der Waals surface area (Å²) < 4.78 is 13.2. The van der Waals surface area contributed by atoms with Crippen molar-refractivity contribution in [2.75, 3.05) is 28.7 Å². The van der Waals surface area contributed by atoms with Crippen LogP contribution in [-0.4, -0.2) is 44.3 Å². The summed E-state index contributed by atoms with van der Waals surface area (Å²) in [5, 5.41) is 27.9. The van der Waals surface area contributed by atoms with Crippen LogP contribution in [0.1, 0.15) is 24.8 Å². The number of phenols is 1. The van der Waals surface area contributed by atoms with E-state index in [1.54, 1.807) is 12.1 Å². The van der Waals surface area contributed by atoms with Crippen LogP contribution < -0.4 is 15.6 Å². The van der Waals surface area contributed by atoms with Crippen LogP contribution in [-0.2, 0) is 0 Å². The maximum Gasteiger partial charge on any atom is 0.270 e. The molecule has 2 heterocycles. The maximum absolute atomic E-state index is 13.2. The fourth-order valence-corrected chi connectivity index (χ4v) is 3.29. The molecule has 0 bridgehead atoms. The molecule has 1 aliphatic heterocycles. The van der Waals surface area contributed by atoms with Gasteiger partial charge in [-0.25, -0.2) is 9.82 Å². The molecule has 0 saturated carbocycles. The van der Waals surface area contributed by atoms with Crippen LogP contribution in [0.4, 0.5) is 33.6 Å². The van der Waals surface area contributed by atoms with Gasteiger partial charge in [-0.1, -0.05) is 0 Å². The van der Waals surface area contributed by atoms with Gasteiger partial charge in [-0.2, -0.15) is 20.1 Å². The molecule has 1 aliphatic rings. The zero-order valence-corrected chi connectivity index (χ0v) is 17.5. The third-order valence-electron chi connectivity index (χ3n) is 4.95. The van der Waals surface area contributed by atoms with E-state index in [1.165, 1.54) is 36.5 Å². The van der Waals surface area contributed by atoms with Crippen molar-refractivity contribution in [2.24, 2.45) is 5.10 Å². The lowest BCUT2D eigenvalue weighted by atomic mass is 10.1. The number of benzene rings is 2. The van der Waals surface area contributed by atoms with E-state index in [1.807, 2.05) is 4.90 Å². The molecule has 1 aromatic heterocycles. The fraction of sp³-hybridized carbons (Fsp3) is 0.238. The van der Waals surface area contributed by atoms with Crippen molar-refractivity contribution in [3.63, 3.8) is 0 Å². The third kappa shape index (κ3) is 5.67. The van der Waals surface area contributed by atoms with Gasteiger partial charge in [-0.3, -0.25) is 10.1 Å². The average molecular weight is 452 g/mol. The van der Waals surface area contributed by atoms with Crippen molar-refractivity contribution in [1.29, 1.82) is 0 Å². The molecule has 4 rings (SSSR count). The standard InChI is InChI=1S/C21H21FN8O3/c22-15-4-6-16(7-5-15)24-19-25-20(27-21(26-19)29-10-2-1-3-11-29)28-23-13-14-12-17(30(32)33)8-9-18(14)31/h4-9,12-13,31H,1-3,10-11H2,(H2,24,25,26,27,28). The molecule has 11 nitrogen and oxygen atoms in total. The van der Waals surface area contributed by atoms with Crippen LogP contribution in [0.15, 0.2) is 47.6 Å². The van der Waals surface area contributed by atoms with Crippen molar-refractivity contribution in [2.45, 2.75) is 19.3 Å². The zero-order valence-electron chi connectivity index (χ0n) is 17.5. The number of anilines is 4. The van der Waals surface area contributed by atoms with Crippen molar-refractivity contribution in [3.8, 4) is 5.75 Å². The Labute approximate surface area is 188 Å². The summed E-state index contributed by atoms with van der Waals surface area (Å²) in [4.78, 5) is 25.6. The molecule has 0 unspecified atom stereocenters. The Balaban J connectivity index is 1.58. The van der Waals surface area contributed by atoms with Crippen LogP contribution in [0.2, 0.25) is 0 Å². The first-order chi connectivity index (χ1) is 16.0. The molecular formula is C21H21FN8O3. The van der Waals surface area contributed by atoms with E-state index >= 15 is 0 Å². The number of aromatic hydroxyl groups is 1. The minimum atomic E-state index is -0.561. The molecule has 0 aliphatic carbocycles. The van der Waals surface area contributed by atoms with Gasteiger partial charge >= 0.3 is 0 Å². The normalized spacial score (nSPS) is 13.8. The Hall–Kier alpha value is -4.35. The number of nitrogens with one attached hydrogen (secondary N) is 2. The molecule has 3 aromatic rings. The van der Waals surface area contributed by atoms with E-state index in [0.717, 1.165) is 32.4 Å². The molecule has 2 aromatic carbocycles. The summed E-state index contributed by atoms with van der Waals surface area (Å²) >= 11 is 0. The first-order valence-electron chi connectivity index (χ1n) is 10.3. The van der Waals surface area contributed by atoms with Crippen LogP contribution >= 0.6 is 0 Å². The first kappa shape index (κ1) is 21.9. The van der Waals surface area contributed by atoms with Gasteiger partial charge in [0.2, 0.25) is 17.8 Å². The van der Waals surface area contributed by atoms with E-state index < -0.39 is 4.92 Å². The van der Waals surface area contributed by atoms with Gasteiger partial charge in [0.15, 0.2) is 0 Å². The topological polar surface area (TPSA) is 142 Å². The van der Waals surface area contributed by atoms with E-state index in [2.05, 4.69) is 30.8 Å². The molecule has 0 atom stereocenters. The number of nitro groups is 1. The highest BCUT2D eigenvalue weighted by atomic mass is 19.1. The Morgan fingerprint density at radius 2 is 1.79 bits per heavy atom. The van der Waals surface area contributed by atoms with E-state index in [0.29, 0.717) is 11.6 Å². The number of piperidine rings is 1. The molecule has 0 spiro atoms. The SMILES string of the molecule is O=[N+]([O-])c1ccc(O)c(C=NNc2nc(Nc3ccc(F)cc3)nc(N3CCCCC3)n2)c1. The number of nitro benzene ring substituents is 1. The van der Waals surface area contributed by atoms with Crippen molar-refractivity contribution >= 4 is 35.4 Å². The second kappa shape index (κ2) is 9.85. The van der Waals surface area contributed by atoms with Crippen LogP contribution in [0.5, 0.6) is 5.75 Å². The van der Waals surface area contributed by atoms with Crippen molar-refractivity contribution in [3.05, 3.63) is 64.0 Å². The minimum Gasteiger partial charge on any atom is -0.507 e. The Kier molecular flexibility index (Phi) is 6.53. The molecule has 170 valence electrons. The number of phenolic OH excluding ortho intramolecular Hbond substituents is 1. The second-order valence-corrected chi connectivity index (χ2v) is 7.33. The fourth-order valence-electron chi connectivity index (χ4n) is 3.29. The highest BCUT2D eigenvalue weighted by Crippen LogP contribution is 2.23. The number of nitrogens with zero attached hydrogens (tertiary/aromatic N) is 6. The predicted octanol–water partition coefficient (Wildman–Crippen LogP) is 3.80. The Bertz CT molecular complexity index is 1170. The largest absolute Gasteiger partial charge is 0.507 e. The van der Waals surface area contributed by atoms with Crippen LogP contribution in [0.25, 0.3) is 0 Å². The maximum atomic E-state index is 13.2. The van der Waals surface area contributed by atoms with Gasteiger partial charge in [0.05, 0.1) is 11.1 Å². The van der Waals surface area contributed by atoms with Crippen LogP contribution in [0.3, 0.4) is 0 Å². The van der Waals surface area contributed by atoms with Crippen LogP contribution in [0, 0.1) is 15.9 Å². The quantitative estimate of drug-likeness (QED) is 0.277. The third-order valence-corrected chi connectivity index (χ3v) is 4.95. The van der Waals surface area contributed by atoms with Crippen molar-refractivity contribution in [1.82, 2.24) is 15.0 Å². The van der Waals surface area contributed by atoms with Gasteiger partial charge < -0.3 is 15.3 Å². The molecule has 12 heteroatoms. The summed E-state index contributed by atoms with van der Waals surface area (Å²) in [6.07, 6.45) is 4.43. The minimum absolute atomic E-state index is 0.136. The lowest BCUT2D eigenvalue weighted by Crippen LogP contribution is -2.31. The zero-order chi connectivity index (χ0) is 23.2. The first-order valence-corrected chi connectivity index (χ1v) is 10.3. The molecule has 33 heavy (non-hydrogen) atoms. The number of hydrogen-bond donors (Lipinski definition) is 3. The Morgan fingerprint density at radius 1 is 1.06 bits per heavy atom. The number of aromatic nitrogens is 3. The van der Waals surface area contributed by atoms with Gasteiger partial charge in [-0.15, -0.1) is 0 Å².